The second kappa shape index (κ2) is 7.59. The number of halogens is 2. The fourth-order valence-corrected chi connectivity index (χ4v) is 2.58. The normalized spacial score (nSPS) is 13.1. The van der Waals surface area contributed by atoms with E-state index in [4.69, 9.17) is 16.3 Å². The molecule has 0 aliphatic heterocycles. The zero-order valence-corrected chi connectivity index (χ0v) is 16.3. The van der Waals surface area contributed by atoms with E-state index in [2.05, 4.69) is 0 Å². The summed E-state index contributed by atoms with van der Waals surface area (Å²) in [5.74, 6) is -3.51. The van der Waals surface area contributed by atoms with Gasteiger partial charge in [-0.2, -0.15) is 0 Å². The number of ether oxygens (including phenoxy) is 1. The highest BCUT2D eigenvalue weighted by molar-refractivity contribution is 6.33. The molecule has 0 bridgehead atoms. The van der Waals surface area contributed by atoms with E-state index in [0.717, 1.165) is 22.8 Å². The largest absolute Gasteiger partial charge is 0.478 e. The van der Waals surface area contributed by atoms with E-state index in [0.29, 0.717) is 10.3 Å². The van der Waals surface area contributed by atoms with E-state index < -0.39 is 40.3 Å². The lowest BCUT2D eigenvalue weighted by atomic mass is 10.0. The molecule has 2 aromatic rings. The Bertz CT molecular complexity index is 1090. The predicted molar refractivity (Wildman–Crippen MR) is 98.7 cm³/mol. The number of carboxylic acids is 1. The lowest BCUT2D eigenvalue weighted by molar-refractivity contribution is -0.157. The molecule has 0 radical (unpaired) electrons. The molecular formula is C18H18ClFN2O6. The molecule has 0 aliphatic carbocycles. The second-order valence-corrected chi connectivity index (χ2v) is 6.77. The predicted octanol–water partition coefficient (Wildman–Crippen LogP) is 2.05. The molecule has 1 aromatic heterocycles. The Hall–Kier alpha value is -2.94. The van der Waals surface area contributed by atoms with E-state index in [1.165, 1.54) is 27.8 Å². The van der Waals surface area contributed by atoms with Crippen molar-refractivity contribution in [1.82, 2.24) is 9.13 Å². The van der Waals surface area contributed by atoms with Crippen molar-refractivity contribution < 1.29 is 23.8 Å². The summed E-state index contributed by atoms with van der Waals surface area (Å²) in [4.78, 5) is 48.5. The van der Waals surface area contributed by atoms with Crippen molar-refractivity contribution in [1.29, 1.82) is 0 Å². The fourth-order valence-electron chi connectivity index (χ4n) is 2.35. The van der Waals surface area contributed by atoms with Gasteiger partial charge in [0, 0.05) is 18.8 Å². The fraction of sp³-hybridized carbons (Fsp3) is 0.333. The average Bonchev–Trinajstić information content (AvgIpc) is 2.61. The highest BCUT2D eigenvalue weighted by atomic mass is 35.5. The average molecular weight is 413 g/mol. The number of hydrogen-bond donors (Lipinski definition) is 1. The maximum atomic E-state index is 14.5. The van der Waals surface area contributed by atoms with Crippen LogP contribution in [0.3, 0.4) is 0 Å². The molecule has 0 amide bonds. The molecule has 150 valence electrons. The number of carbonyl (C=O) groups excluding carboxylic acids is 1. The first-order valence-corrected chi connectivity index (χ1v) is 8.56. The Morgan fingerprint density at radius 3 is 2.43 bits per heavy atom. The van der Waals surface area contributed by atoms with Crippen LogP contribution in [0.1, 0.15) is 36.3 Å². The molecule has 0 spiro atoms. The van der Waals surface area contributed by atoms with E-state index in [1.54, 1.807) is 0 Å². The Labute approximate surface area is 163 Å². The number of aryl methyl sites for hydroxylation is 1. The van der Waals surface area contributed by atoms with Crippen LogP contribution < -0.4 is 11.2 Å². The first-order chi connectivity index (χ1) is 12.9. The number of benzene rings is 1. The second-order valence-electron chi connectivity index (χ2n) is 6.36. The Morgan fingerprint density at radius 2 is 1.89 bits per heavy atom. The molecule has 0 fully saturated rings. The van der Waals surface area contributed by atoms with Crippen molar-refractivity contribution in [3.8, 4) is 5.69 Å². The monoisotopic (exact) mass is 412 g/mol. The molecule has 0 aliphatic rings. The van der Waals surface area contributed by atoms with Crippen molar-refractivity contribution in [3.63, 3.8) is 0 Å². The molecule has 0 saturated heterocycles. The van der Waals surface area contributed by atoms with E-state index in [-0.39, 0.29) is 17.0 Å². The topological polar surface area (TPSA) is 108 Å². The lowest BCUT2D eigenvalue weighted by Gasteiger charge is -2.23. The Morgan fingerprint density at radius 1 is 1.29 bits per heavy atom. The lowest BCUT2D eigenvalue weighted by Crippen LogP contribution is -2.40. The third kappa shape index (κ3) is 3.70. The molecule has 10 heteroatoms. The van der Waals surface area contributed by atoms with Gasteiger partial charge in [-0.1, -0.05) is 18.5 Å². The first kappa shape index (κ1) is 21.4. The number of carboxylic acid groups (broad SMARTS) is 1. The highest BCUT2D eigenvalue weighted by Gasteiger charge is 2.36. The van der Waals surface area contributed by atoms with Gasteiger partial charge in [0.15, 0.2) is 0 Å². The highest BCUT2D eigenvalue weighted by Crippen LogP contribution is 2.26. The number of carbonyl (C=O) groups is 2. The van der Waals surface area contributed by atoms with Gasteiger partial charge in [-0.25, -0.2) is 23.3 Å². The van der Waals surface area contributed by atoms with Gasteiger partial charge in [0.1, 0.15) is 5.82 Å². The SMILES string of the molecule is CCC(C)(OC(=O)c1cc(-n2c(=O)cc(C)n(C)c2=O)c(F)cc1Cl)C(=O)O. The maximum Gasteiger partial charge on any atom is 0.347 e. The van der Waals surface area contributed by atoms with Gasteiger partial charge in [-0.05, 0) is 32.4 Å². The van der Waals surface area contributed by atoms with Crippen LogP contribution >= 0.6 is 11.6 Å². The quantitative estimate of drug-likeness (QED) is 0.753. The van der Waals surface area contributed by atoms with Gasteiger partial charge < -0.3 is 14.4 Å². The van der Waals surface area contributed by atoms with Crippen LogP contribution in [-0.4, -0.2) is 31.8 Å². The minimum Gasteiger partial charge on any atom is -0.478 e. The molecule has 1 aromatic carbocycles. The smallest absolute Gasteiger partial charge is 0.347 e. The van der Waals surface area contributed by atoms with Crippen LogP contribution in [0.4, 0.5) is 4.39 Å². The molecule has 1 heterocycles. The summed E-state index contributed by atoms with van der Waals surface area (Å²) in [7, 11) is 1.40. The van der Waals surface area contributed by atoms with E-state index in [1.807, 2.05) is 0 Å². The number of hydrogen-bond acceptors (Lipinski definition) is 5. The van der Waals surface area contributed by atoms with Crippen molar-refractivity contribution in [3.05, 3.63) is 61.1 Å². The summed E-state index contributed by atoms with van der Waals surface area (Å²) >= 11 is 5.91. The van der Waals surface area contributed by atoms with Gasteiger partial charge in [-0.15, -0.1) is 0 Å². The summed E-state index contributed by atoms with van der Waals surface area (Å²) in [6.45, 7) is 4.24. The van der Waals surface area contributed by atoms with Gasteiger partial charge in [0.05, 0.1) is 16.3 Å². The van der Waals surface area contributed by atoms with Crippen LogP contribution in [0.2, 0.25) is 5.02 Å². The van der Waals surface area contributed by atoms with Crippen LogP contribution in [0.15, 0.2) is 27.8 Å². The zero-order chi connectivity index (χ0) is 21.4. The van der Waals surface area contributed by atoms with Crippen molar-refractivity contribution in [2.75, 3.05) is 0 Å². The van der Waals surface area contributed by atoms with E-state index >= 15 is 0 Å². The third-order valence-corrected chi connectivity index (χ3v) is 4.82. The van der Waals surface area contributed by atoms with Crippen molar-refractivity contribution in [2.24, 2.45) is 7.05 Å². The van der Waals surface area contributed by atoms with Crippen molar-refractivity contribution >= 4 is 23.5 Å². The number of aliphatic carboxylic acids is 1. The van der Waals surface area contributed by atoms with Gasteiger partial charge >= 0.3 is 17.6 Å². The van der Waals surface area contributed by atoms with Crippen LogP contribution in [-0.2, 0) is 16.6 Å². The summed E-state index contributed by atoms with van der Waals surface area (Å²) in [5, 5.41) is 8.89. The van der Waals surface area contributed by atoms with Gasteiger partial charge in [0.25, 0.3) is 5.56 Å². The van der Waals surface area contributed by atoms with Crippen LogP contribution in [0.25, 0.3) is 5.69 Å². The minimum absolute atomic E-state index is 0.0301. The molecule has 1 N–H and O–H groups in total. The number of esters is 1. The number of aromatic nitrogens is 2. The summed E-state index contributed by atoms with van der Waals surface area (Å²) in [6, 6.07) is 2.77. The maximum absolute atomic E-state index is 14.5. The van der Waals surface area contributed by atoms with Gasteiger partial charge in [0.2, 0.25) is 5.60 Å². The molecule has 0 saturated carbocycles. The number of nitrogens with zero attached hydrogens (tertiary/aromatic N) is 2. The van der Waals surface area contributed by atoms with Crippen LogP contribution in [0.5, 0.6) is 0 Å². The number of rotatable bonds is 5. The molecule has 2 rings (SSSR count). The van der Waals surface area contributed by atoms with Gasteiger partial charge in [-0.3, -0.25) is 4.79 Å². The van der Waals surface area contributed by atoms with Crippen molar-refractivity contribution in [2.45, 2.75) is 32.8 Å². The summed E-state index contributed by atoms with van der Waals surface area (Å²) < 4.78 is 21.2. The Balaban J connectivity index is 2.66. The Kier molecular flexibility index (Phi) is 5.79. The summed E-state index contributed by atoms with van der Waals surface area (Å²) in [6.07, 6.45) is -0.0301. The standard InChI is InChI=1S/C18H18ClFN2O6/c1-5-18(3,16(25)26)28-15(24)10-7-13(12(20)8-11(10)19)22-14(23)6-9(2)21(4)17(22)27/h6-8H,5H2,1-4H3,(H,25,26). The summed E-state index contributed by atoms with van der Waals surface area (Å²) in [5.41, 5.74) is -3.98. The molecular weight excluding hydrogens is 395 g/mol. The van der Waals surface area contributed by atoms with E-state index in [9.17, 15) is 28.7 Å². The molecule has 1 unspecified atom stereocenters. The molecule has 1 atom stereocenters. The minimum atomic E-state index is -1.83. The third-order valence-electron chi connectivity index (χ3n) is 4.50. The molecule has 28 heavy (non-hydrogen) atoms. The molecule has 8 nitrogen and oxygen atoms in total. The van der Waals surface area contributed by atoms with Crippen LogP contribution in [0, 0.1) is 12.7 Å². The zero-order valence-electron chi connectivity index (χ0n) is 15.6. The first-order valence-electron chi connectivity index (χ1n) is 8.18.